The van der Waals surface area contributed by atoms with Crippen molar-refractivity contribution in [3.8, 4) is 5.75 Å². The summed E-state index contributed by atoms with van der Waals surface area (Å²) in [5.74, 6) is 0.425. The van der Waals surface area contributed by atoms with E-state index < -0.39 is 5.63 Å². The Morgan fingerprint density at radius 1 is 1.11 bits per heavy atom. The number of hydrogen-bond donors (Lipinski definition) is 1. The number of ether oxygens (including phenoxy) is 1. The normalized spacial score (nSPS) is 11.0. The maximum absolute atomic E-state index is 12.2. The molecule has 27 heavy (non-hydrogen) atoms. The number of fused-ring (bicyclic) bond motifs is 1. The zero-order valence-corrected chi connectivity index (χ0v) is 16.0. The van der Waals surface area contributed by atoms with Gasteiger partial charge in [-0.15, -0.1) is 0 Å². The lowest BCUT2D eigenvalue weighted by Crippen LogP contribution is -2.20. The molecule has 5 nitrogen and oxygen atoms in total. The molecule has 0 aliphatic heterocycles. The summed E-state index contributed by atoms with van der Waals surface area (Å²) in [6.07, 6.45) is 0. The van der Waals surface area contributed by atoms with Crippen LogP contribution in [0.1, 0.15) is 36.5 Å². The second-order valence-corrected chi connectivity index (χ2v) is 6.99. The highest BCUT2D eigenvalue weighted by atomic mass is 16.5. The zero-order chi connectivity index (χ0) is 19.6. The van der Waals surface area contributed by atoms with E-state index in [2.05, 4.69) is 5.32 Å². The second-order valence-electron chi connectivity index (χ2n) is 6.99. The highest BCUT2D eigenvalue weighted by molar-refractivity contribution is 5.92. The third-order valence-electron chi connectivity index (χ3n) is 4.40. The van der Waals surface area contributed by atoms with Crippen molar-refractivity contribution in [2.24, 2.45) is 0 Å². The van der Waals surface area contributed by atoms with Gasteiger partial charge in [0, 0.05) is 23.2 Å². The van der Waals surface area contributed by atoms with E-state index in [1.165, 1.54) is 6.07 Å². The van der Waals surface area contributed by atoms with E-state index in [4.69, 9.17) is 9.15 Å². The van der Waals surface area contributed by atoms with Crippen molar-refractivity contribution >= 4 is 22.6 Å². The van der Waals surface area contributed by atoms with Crippen LogP contribution in [0.2, 0.25) is 0 Å². The van der Waals surface area contributed by atoms with Gasteiger partial charge in [0.15, 0.2) is 6.61 Å². The first kappa shape index (κ1) is 18.7. The molecule has 0 fully saturated rings. The Morgan fingerprint density at radius 2 is 1.89 bits per heavy atom. The van der Waals surface area contributed by atoms with Gasteiger partial charge in [-0.25, -0.2) is 4.79 Å². The first-order valence-corrected chi connectivity index (χ1v) is 8.91. The van der Waals surface area contributed by atoms with Gasteiger partial charge in [-0.05, 0) is 49.1 Å². The van der Waals surface area contributed by atoms with Crippen LogP contribution in [0.3, 0.4) is 0 Å². The summed E-state index contributed by atoms with van der Waals surface area (Å²) >= 11 is 0. The number of carbonyl (C=O) groups is 1. The lowest BCUT2D eigenvalue weighted by Gasteiger charge is -2.12. The molecule has 0 atom stereocenters. The number of nitrogens with one attached hydrogen (secondary N) is 1. The Morgan fingerprint density at radius 3 is 2.59 bits per heavy atom. The SMILES string of the molecule is Cc1ccc(NC(=O)COc2ccc3c(C(C)C)cc(=O)oc3c2)c(C)c1. The monoisotopic (exact) mass is 365 g/mol. The standard InChI is InChI=1S/C22H23NO4/c1-13(2)18-11-22(25)27-20-10-16(6-7-17(18)20)26-12-21(24)23-19-8-5-14(3)9-15(19)4/h5-11,13H,12H2,1-4H3,(H,23,24). The minimum Gasteiger partial charge on any atom is -0.484 e. The number of rotatable bonds is 5. The molecule has 0 aliphatic rings. The van der Waals surface area contributed by atoms with Crippen molar-refractivity contribution in [1.82, 2.24) is 0 Å². The lowest BCUT2D eigenvalue weighted by atomic mass is 10.00. The average Bonchev–Trinajstić information content (AvgIpc) is 2.61. The molecule has 0 unspecified atom stereocenters. The van der Waals surface area contributed by atoms with Crippen LogP contribution in [0, 0.1) is 13.8 Å². The molecule has 0 saturated heterocycles. The van der Waals surface area contributed by atoms with Gasteiger partial charge in [-0.1, -0.05) is 31.5 Å². The summed E-state index contributed by atoms with van der Waals surface area (Å²) in [5.41, 5.74) is 3.90. The van der Waals surface area contributed by atoms with Crippen LogP contribution in [-0.2, 0) is 4.79 Å². The van der Waals surface area contributed by atoms with Crippen LogP contribution >= 0.6 is 0 Å². The Bertz CT molecular complexity index is 1050. The first-order chi connectivity index (χ1) is 12.8. The number of hydrogen-bond acceptors (Lipinski definition) is 4. The van der Waals surface area contributed by atoms with E-state index in [0.29, 0.717) is 11.3 Å². The van der Waals surface area contributed by atoms with Crippen molar-refractivity contribution in [3.63, 3.8) is 0 Å². The predicted octanol–water partition coefficient (Wildman–Crippen LogP) is 4.55. The van der Waals surface area contributed by atoms with Gasteiger partial charge in [0.1, 0.15) is 11.3 Å². The molecule has 1 N–H and O–H groups in total. The maximum Gasteiger partial charge on any atom is 0.336 e. The molecule has 2 aromatic carbocycles. The van der Waals surface area contributed by atoms with Crippen molar-refractivity contribution in [2.75, 3.05) is 11.9 Å². The van der Waals surface area contributed by atoms with Gasteiger partial charge >= 0.3 is 5.63 Å². The molecule has 3 rings (SSSR count). The smallest absolute Gasteiger partial charge is 0.336 e. The molecule has 0 radical (unpaired) electrons. The van der Waals surface area contributed by atoms with E-state index in [0.717, 1.165) is 27.8 Å². The summed E-state index contributed by atoms with van der Waals surface area (Å²) in [4.78, 5) is 23.9. The Balaban J connectivity index is 1.73. The predicted molar refractivity (Wildman–Crippen MR) is 107 cm³/mol. The van der Waals surface area contributed by atoms with E-state index in [-0.39, 0.29) is 18.4 Å². The van der Waals surface area contributed by atoms with Crippen LogP contribution in [0.4, 0.5) is 5.69 Å². The Kier molecular flexibility index (Phi) is 5.31. The summed E-state index contributed by atoms with van der Waals surface area (Å²) in [6, 6.07) is 12.6. The Hall–Kier alpha value is -3.08. The molecule has 5 heteroatoms. The van der Waals surface area contributed by atoms with Gasteiger partial charge in [-0.3, -0.25) is 4.79 Å². The number of carbonyl (C=O) groups excluding carboxylic acids is 1. The van der Waals surface area contributed by atoms with Crippen LogP contribution in [0.15, 0.2) is 51.7 Å². The van der Waals surface area contributed by atoms with E-state index in [9.17, 15) is 9.59 Å². The van der Waals surface area contributed by atoms with E-state index in [1.807, 2.05) is 52.0 Å². The van der Waals surface area contributed by atoms with Gasteiger partial charge in [0.05, 0.1) is 0 Å². The minimum atomic E-state index is -0.393. The number of anilines is 1. The van der Waals surface area contributed by atoms with E-state index >= 15 is 0 Å². The molecule has 140 valence electrons. The summed E-state index contributed by atoms with van der Waals surface area (Å²) in [5, 5.41) is 3.71. The fourth-order valence-corrected chi connectivity index (χ4v) is 3.02. The summed E-state index contributed by atoms with van der Waals surface area (Å²) in [6.45, 7) is 7.87. The fraction of sp³-hybridized carbons (Fsp3) is 0.273. The molecule has 0 bridgehead atoms. The van der Waals surface area contributed by atoms with Gasteiger partial charge < -0.3 is 14.5 Å². The molecule has 0 saturated carbocycles. The van der Waals surface area contributed by atoms with Gasteiger partial charge in [0.25, 0.3) is 5.91 Å². The molecule has 1 amide bonds. The molecular weight excluding hydrogens is 342 g/mol. The second kappa shape index (κ2) is 7.66. The molecular formula is C22H23NO4. The molecule has 0 spiro atoms. The molecule has 1 aromatic heterocycles. The average molecular weight is 365 g/mol. The number of aryl methyl sites for hydroxylation is 2. The quantitative estimate of drug-likeness (QED) is 0.674. The molecule has 3 aromatic rings. The highest BCUT2D eigenvalue weighted by Gasteiger charge is 2.11. The largest absolute Gasteiger partial charge is 0.484 e. The first-order valence-electron chi connectivity index (χ1n) is 8.91. The maximum atomic E-state index is 12.2. The van der Waals surface area contributed by atoms with Crippen LogP contribution in [0.25, 0.3) is 11.0 Å². The Labute approximate surface area is 158 Å². The van der Waals surface area contributed by atoms with Crippen molar-refractivity contribution in [1.29, 1.82) is 0 Å². The highest BCUT2D eigenvalue weighted by Crippen LogP contribution is 2.27. The van der Waals surface area contributed by atoms with Crippen LogP contribution in [0.5, 0.6) is 5.75 Å². The van der Waals surface area contributed by atoms with Crippen molar-refractivity contribution in [3.05, 3.63) is 69.6 Å². The topological polar surface area (TPSA) is 68.5 Å². The fourth-order valence-electron chi connectivity index (χ4n) is 3.02. The van der Waals surface area contributed by atoms with Crippen LogP contribution in [-0.4, -0.2) is 12.5 Å². The van der Waals surface area contributed by atoms with Crippen LogP contribution < -0.4 is 15.7 Å². The number of amides is 1. The minimum absolute atomic E-state index is 0.132. The van der Waals surface area contributed by atoms with Gasteiger partial charge in [-0.2, -0.15) is 0 Å². The number of benzene rings is 2. The zero-order valence-electron chi connectivity index (χ0n) is 16.0. The lowest BCUT2D eigenvalue weighted by molar-refractivity contribution is -0.118. The molecule has 1 heterocycles. The summed E-state index contributed by atoms with van der Waals surface area (Å²) < 4.78 is 10.9. The third kappa shape index (κ3) is 4.37. The van der Waals surface area contributed by atoms with Crippen molar-refractivity contribution in [2.45, 2.75) is 33.6 Å². The third-order valence-corrected chi connectivity index (χ3v) is 4.40. The summed E-state index contributed by atoms with van der Waals surface area (Å²) in [7, 11) is 0. The van der Waals surface area contributed by atoms with E-state index in [1.54, 1.807) is 12.1 Å². The van der Waals surface area contributed by atoms with Gasteiger partial charge in [0.2, 0.25) is 0 Å². The molecule has 0 aliphatic carbocycles. The van der Waals surface area contributed by atoms with Crippen molar-refractivity contribution < 1.29 is 13.9 Å².